The van der Waals surface area contributed by atoms with Crippen LogP contribution in [-0.4, -0.2) is 26.3 Å². The predicted molar refractivity (Wildman–Crippen MR) is 66.8 cm³/mol. The molecule has 7 heteroatoms. The van der Waals surface area contributed by atoms with Gasteiger partial charge in [-0.25, -0.2) is 0 Å². The monoisotopic (exact) mass is 355 g/mol. The van der Waals surface area contributed by atoms with Crippen molar-refractivity contribution in [2.45, 2.75) is 11.2 Å². The molecule has 0 saturated carbocycles. The molecule has 1 amide bonds. The first-order valence-electron chi connectivity index (χ1n) is 4.13. The number of carbonyl (C=O) groups excluding carboxylic acids is 1. The molecule has 1 atom stereocenters. The van der Waals surface area contributed by atoms with Crippen LogP contribution in [0.2, 0.25) is 5.15 Å². The molecular formula is C8H8Br2ClN3O. The van der Waals surface area contributed by atoms with E-state index in [9.17, 15) is 4.79 Å². The first-order chi connectivity index (χ1) is 7.13. The van der Waals surface area contributed by atoms with Gasteiger partial charge in [0.15, 0.2) is 11.0 Å². The summed E-state index contributed by atoms with van der Waals surface area (Å²) >= 11 is 12.1. The van der Waals surface area contributed by atoms with Crippen LogP contribution in [0.5, 0.6) is 0 Å². The molecule has 0 spiro atoms. The molecule has 0 saturated heterocycles. The molecule has 1 aromatic rings. The van der Waals surface area contributed by atoms with E-state index in [4.69, 9.17) is 11.6 Å². The van der Waals surface area contributed by atoms with Crippen molar-refractivity contribution in [3.8, 4) is 0 Å². The molecule has 1 rings (SSSR count). The Kier molecular flexibility index (Phi) is 5.49. The maximum atomic E-state index is 11.5. The van der Waals surface area contributed by atoms with Crippen LogP contribution >= 0.6 is 43.5 Å². The maximum Gasteiger partial charge on any atom is 0.239 e. The van der Waals surface area contributed by atoms with Crippen LogP contribution in [0.25, 0.3) is 0 Å². The van der Waals surface area contributed by atoms with Crippen molar-refractivity contribution >= 4 is 55.2 Å². The van der Waals surface area contributed by atoms with Gasteiger partial charge in [-0.3, -0.25) is 4.79 Å². The third kappa shape index (κ3) is 4.44. The lowest BCUT2D eigenvalue weighted by Crippen LogP contribution is -2.23. The predicted octanol–water partition coefficient (Wildman–Crippen LogP) is 2.62. The van der Waals surface area contributed by atoms with Gasteiger partial charge in [0.2, 0.25) is 5.91 Å². The van der Waals surface area contributed by atoms with Crippen LogP contribution in [0.4, 0.5) is 5.82 Å². The Hall–Kier alpha value is -0.200. The summed E-state index contributed by atoms with van der Waals surface area (Å²) in [5, 5.41) is 11.0. The number of aromatic nitrogens is 2. The van der Waals surface area contributed by atoms with E-state index in [0.29, 0.717) is 17.4 Å². The minimum absolute atomic E-state index is 0.147. The van der Waals surface area contributed by atoms with Crippen molar-refractivity contribution in [3.63, 3.8) is 0 Å². The van der Waals surface area contributed by atoms with Gasteiger partial charge in [0.1, 0.15) is 0 Å². The first-order valence-corrected chi connectivity index (χ1v) is 6.55. The summed E-state index contributed by atoms with van der Waals surface area (Å²) in [4.78, 5) is 11.3. The van der Waals surface area contributed by atoms with Crippen LogP contribution in [0.15, 0.2) is 12.1 Å². The summed E-state index contributed by atoms with van der Waals surface area (Å²) < 4.78 is 0. The highest BCUT2D eigenvalue weighted by molar-refractivity contribution is 9.10. The number of nitrogens with one attached hydrogen (secondary N) is 1. The van der Waals surface area contributed by atoms with Gasteiger partial charge in [0, 0.05) is 5.33 Å². The molecule has 0 fully saturated rings. The Balaban J connectivity index is 2.54. The fraction of sp³-hybridized carbons (Fsp3) is 0.375. The van der Waals surface area contributed by atoms with Crippen LogP contribution in [0.1, 0.15) is 6.42 Å². The third-order valence-electron chi connectivity index (χ3n) is 1.53. The lowest BCUT2D eigenvalue weighted by Gasteiger charge is -2.07. The quantitative estimate of drug-likeness (QED) is 0.843. The van der Waals surface area contributed by atoms with Crippen molar-refractivity contribution in [1.82, 2.24) is 10.2 Å². The molecule has 1 unspecified atom stereocenters. The van der Waals surface area contributed by atoms with Crippen LogP contribution in [0.3, 0.4) is 0 Å². The second-order valence-electron chi connectivity index (χ2n) is 2.68. The van der Waals surface area contributed by atoms with E-state index < -0.39 is 0 Å². The fourth-order valence-electron chi connectivity index (χ4n) is 0.814. The van der Waals surface area contributed by atoms with Gasteiger partial charge in [0.25, 0.3) is 0 Å². The van der Waals surface area contributed by atoms with E-state index in [-0.39, 0.29) is 10.7 Å². The second-order valence-corrected chi connectivity index (χ2v) is 4.96. The molecule has 1 N–H and O–H groups in total. The van der Waals surface area contributed by atoms with Crippen LogP contribution in [-0.2, 0) is 4.79 Å². The molecular weight excluding hydrogens is 349 g/mol. The average molecular weight is 357 g/mol. The number of hydrogen-bond donors (Lipinski definition) is 1. The van der Waals surface area contributed by atoms with Crippen molar-refractivity contribution in [1.29, 1.82) is 0 Å². The van der Waals surface area contributed by atoms with Gasteiger partial charge >= 0.3 is 0 Å². The Labute approximate surface area is 109 Å². The first kappa shape index (κ1) is 12.9. The van der Waals surface area contributed by atoms with Gasteiger partial charge in [-0.1, -0.05) is 43.5 Å². The van der Waals surface area contributed by atoms with Crippen LogP contribution < -0.4 is 5.32 Å². The zero-order valence-electron chi connectivity index (χ0n) is 7.58. The van der Waals surface area contributed by atoms with E-state index in [0.717, 1.165) is 5.33 Å². The molecule has 0 bridgehead atoms. The Morgan fingerprint density at radius 3 is 2.80 bits per heavy atom. The highest BCUT2D eigenvalue weighted by atomic mass is 79.9. The number of carbonyl (C=O) groups is 1. The Bertz CT molecular complexity index is 333. The largest absolute Gasteiger partial charge is 0.308 e. The summed E-state index contributed by atoms with van der Waals surface area (Å²) in [6.45, 7) is 0. The normalized spacial score (nSPS) is 12.2. The molecule has 0 aliphatic heterocycles. The number of nitrogens with zero attached hydrogens (tertiary/aromatic N) is 2. The van der Waals surface area contributed by atoms with E-state index in [1.165, 1.54) is 0 Å². The van der Waals surface area contributed by atoms with E-state index in [1.54, 1.807) is 12.1 Å². The number of halogens is 3. The Morgan fingerprint density at radius 2 is 2.27 bits per heavy atom. The minimum atomic E-state index is -0.241. The second kappa shape index (κ2) is 6.40. The molecule has 1 heterocycles. The lowest BCUT2D eigenvalue weighted by atomic mass is 10.3. The number of amides is 1. The highest BCUT2D eigenvalue weighted by Crippen LogP contribution is 2.11. The summed E-state index contributed by atoms with van der Waals surface area (Å²) in [5.41, 5.74) is 0. The zero-order valence-corrected chi connectivity index (χ0v) is 11.5. The molecule has 0 aliphatic carbocycles. The van der Waals surface area contributed by atoms with Gasteiger partial charge in [-0.15, -0.1) is 10.2 Å². The van der Waals surface area contributed by atoms with Gasteiger partial charge in [-0.2, -0.15) is 0 Å². The van der Waals surface area contributed by atoms with Crippen LogP contribution in [0, 0.1) is 0 Å². The van der Waals surface area contributed by atoms with Crippen molar-refractivity contribution < 1.29 is 4.79 Å². The summed E-state index contributed by atoms with van der Waals surface area (Å²) in [6, 6.07) is 3.17. The topological polar surface area (TPSA) is 54.9 Å². The smallest absolute Gasteiger partial charge is 0.239 e. The van der Waals surface area contributed by atoms with Crippen molar-refractivity contribution in [2.75, 3.05) is 10.6 Å². The number of rotatable bonds is 4. The van der Waals surface area contributed by atoms with E-state index in [2.05, 4.69) is 47.4 Å². The number of alkyl halides is 2. The third-order valence-corrected chi connectivity index (χ3v) is 3.06. The van der Waals surface area contributed by atoms with E-state index >= 15 is 0 Å². The Morgan fingerprint density at radius 1 is 1.53 bits per heavy atom. The fourth-order valence-corrected chi connectivity index (χ4v) is 2.33. The molecule has 15 heavy (non-hydrogen) atoms. The minimum Gasteiger partial charge on any atom is -0.308 e. The summed E-state index contributed by atoms with van der Waals surface area (Å²) in [6.07, 6.45) is 0.701. The van der Waals surface area contributed by atoms with Gasteiger partial charge < -0.3 is 5.32 Å². The SMILES string of the molecule is O=C(Nc1ccc(Cl)nn1)C(Br)CCBr. The summed E-state index contributed by atoms with van der Waals surface area (Å²) in [5.74, 6) is 0.245. The molecule has 0 aromatic carbocycles. The molecule has 4 nitrogen and oxygen atoms in total. The number of hydrogen-bond acceptors (Lipinski definition) is 3. The summed E-state index contributed by atoms with van der Waals surface area (Å²) in [7, 11) is 0. The average Bonchev–Trinajstić information content (AvgIpc) is 2.22. The molecule has 0 aliphatic rings. The van der Waals surface area contributed by atoms with Gasteiger partial charge in [0.05, 0.1) is 4.83 Å². The highest BCUT2D eigenvalue weighted by Gasteiger charge is 2.14. The standard InChI is InChI=1S/C8H8Br2ClN3O/c9-4-3-5(10)8(15)12-7-2-1-6(11)13-14-7/h1-2,5H,3-4H2,(H,12,14,15). The molecule has 82 valence electrons. The lowest BCUT2D eigenvalue weighted by molar-refractivity contribution is -0.115. The van der Waals surface area contributed by atoms with Crippen molar-refractivity contribution in [2.24, 2.45) is 0 Å². The van der Waals surface area contributed by atoms with E-state index in [1.807, 2.05) is 0 Å². The molecule has 0 radical (unpaired) electrons. The number of anilines is 1. The van der Waals surface area contributed by atoms with Gasteiger partial charge in [-0.05, 0) is 18.6 Å². The molecule has 1 aromatic heterocycles. The maximum absolute atomic E-state index is 11.5. The van der Waals surface area contributed by atoms with Crippen molar-refractivity contribution in [3.05, 3.63) is 17.3 Å². The zero-order chi connectivity index (χ0) is 11.3.